The van der Waals surface area contributed by atoms with Crippen molar-refractivity contribution >= 4 is 0 Å². The van der Waals surface area contributed by atoms with Crippen molar-refractivity contribution in [3.05, 3.63) is 0 Å². The van der Waals surface area contributed by atoms with Crippen LogP contribution in [0, 0.1) is 28.1 Å². The second-order valence-electron chi connectivity index (χ2n) is 4.00. The molecule has 0 unspecified atom stereocenters. The highest BCUT2D eigenvalue weighted by molar-refractivity contribution is 5.15. The van der Waals surface area contributed by atoms with E-state index in [1.165, 1.54) is 12.8 Å². The quantitative estimate of drug-likeness (QED) is 0.684. The third-order valence-corrected chi connectivity index (χ3v) is 2.97. The fourth-order valence-electron chi connectivity index (χ4n) is 1.79. The van der Waals surface area contributed by atoms with Crippen LogP contribution in [-0.4, -0.2) is 24.5 Å². The maximum atomic E-state index is 8.91. The van der Waals surface area contributed by atoms with Gasteiger partial charge < -0.3 is 4.90 Å². The first kappa shape index (κ1) is 11.0. The van der Waals surface area contributed by atoms with Crippen molar-refractivity contribution < 1.29 is 0 Å². The lowest BCUT2D eigenvalue weighted by Crippen LogP contribution is -2.39. The number of hydrogen-bond acceptors (Lipinski definition) is 3. The van der Waals surface area contributed by atoms with Crippen molar-refractivity contribution in [1.29, 1.82) is 10.5 Å². The molecule has 0 aromatic heterocycles. The van der Waals surface area contributed by atoms with Crippen LogP contribution in [0.2, 0.25) is 0 Å². The van der Waals surface area contributed by atoms with Crippen LogP contribution in [0.15, 0.2) is 0 Å². The van der Waals surface area contributed by atoms with Crippen LogP contribution < -0.4 is 0 Å². The fraction of sp³-hybridized carbons (Fsp3) is 0.818. The first-order chi connectivity index (χ1) is 6.76. The Hall–Kier alpha value is -1.06. The van der Waals surface area contributed by atoms with E-state index < -0.39 is 5.41 Å². The van der Waals surface area contributed by atoms with E-state index in [2.05, 4.69) is 24.0 Å². The molecule has 14 heavy (non-hydrogen) atoms. The molecule has 0 N–H and O–H groups in total. The van der Waals surface area contributed by atoms with Crippen molar-refractivity contribution in [3.63, 3.8) is 0 Å². The second kappa shape index (κ2) is 4.98. The average molecular weight is 191 g/mol. The van der Waals surface area contributed by atoms with Crippen molar-refractivity contribution in [2.24, 2.45) is 5.41 Å². The Morgan fingerprint density at radius 3 is 2.21 bits per heavy atom. The predicted octanol–water partition coefficient (Wildman–Crippen LogP) is 1.92. The molecule has 1 fully saturated rings. The SMILES string of the molecule is CCCCN1CCC(C#N)(C#N)CC1. The summed E-state index contributed by atoms with van der Waals surface area (Å²) in [7, 11) is 0. The highest BCUT2D eigenvalue weighted by atomic mass is 15.1. The van der Waals surface area contributed by atoms with Gasteiger partial charge in [0.1, 0.15) is 5.41 Å². The predicted molar refractivity (Wildman–Crippen MR) is 54.2 cm³/mol. The molecule has 0 aromatic carbocycles. The van der Waals surface area contributed by atoms with Gasteiger partial charge in [-0.2, -0.15) is 10.5 Å². The van der Waals surface area contributed by atoms with Crippen molar-refractivity contribution in [1.82, 2.24) is 4.90 Å². The molecule has 0 saturated carbocycles. The Morgan fingerprint density at radius 2 is 1.79 bits per heavy atom. The van der Waals surface area contributed by atoms with E-state index in [1.54, 1.807) is 0 Å². The summed E-state index contributed by atoms with van der Waals surface area (Å²) in [5, 5.41) is 17.8. The number of hydrogen-bond donors (Lipinski definition) is 0. The monoisotopic (exact) mass is 191 g/mol. The van der Waals surface area contributed by atoms with Crippen LogP contribution in [0.25, 0.3) is 0 Å². The zero-order valence-corrected chi connectivity index (χ0v) is 8.79. The van der Waals surface area contributed by atoms with Gasteiger partial charge in [-0.1, -0.05) is 13.3 Å². The smallest absolute Gasteiger partial charge is 0.146 e. The second-order valence-corrected chi connectivity index (χ2v) is 4.00. The minimum atomic E-state index is -0.692. The van der Waals surface area contributed by atoms with E-state index in [0.29, 0.717) is 12.8 Å². The molecule has 1 rings (SSSR count). The van der Waals surface area contributed by atoms with Gasteiger partial charge >= 0.3 is 0 Å². The summed E-state index contributed by atoms with van der Waals surface area (Å²) in [6, 6.07) is 4.31. The van der Waals surface area contributed by atoms with Crippen LogP contribution in [-0.2, 0) is 0 Å². The number of piperidine rings is 1. The van der Waals surface area contributed by atoms with Gasteiger partial charge in [-0.05, 0) is 25.8 Å². The largest absolute Gasteiger partial charge is 0.303 e. The minimum Gasteiger partial charge on any atom is -0.303 e. The molecule has 1 saturated heterocycles. The number of nitrogens with zero attached hydrogens (tertiary/aromatic N) is 3. The standard InChI is InChI=1S/C11H17N3/c1-2-3-6-14-7-4-11(9-12,10-13)5-8-14/h2-8H2,1H3. The lowest BCUT2D eigenvalue weighted by atomic mass is 9.81. The number of likely N-dealkylation sites (tertiary alicyclic amines) is 1. The molecule has 0 amide bonds. The molecule has 1 heterocycles. The molecule has 0 aromatic rings. The Bertz CT molecular complexity index is 235. The van der Waals surface area contributed by atoms with Crippen LogP contribution in [0.1, 0.15) is 32.6 Å². The molecule has 0 aliphatic carbocycles. The summed E-state index contributed by atoms with van der Waals surface area (Å²) >= 11 is 0. The van der Waals surface area contributed by atoms with E-state index in [1.807, 2.05) is 0 Å². The van der Waals surface area contributed by atoms with Crippen LogP contribution in [0.3, 0.4) is 0 Å². The molecule has 1 aliphatic rings. The fourth-order valence-corrected chi connectivity index (χ4v) is 1.79. The van der Waals surface area contributed by atoms with Gasteiger partial charge in [0, 0.05) is 13.1 Å². The third-order valence-electron chi connectivity index (χ3n) is 2.97. The van der Waals surface area contributed by atoms with Gasteiger partial charge in [0.05, 0.1) is 12.1 Å². The summed E-state index contributed by atoms with van der Waals surface area (Å²) in [5.41, 5.74) is -0.692. The zero-order chi connectivity index (χ0) is 10.4. The Kier molecular flexibility index (Phi) is 3.92. The highest BCUT2D eigenvalue weighted by Crippen LogP contribution is 2.29. The molecule has 3 nitrogen and oxygen atoms in total. The zero-order valence-electron chi connectivity index (χ0n) is 8.79. The summed E-state index contributed by atoms with van der Waals surface area (Å²) in [4.78, 5) is 2.36. The van der Waals surface area contributed by atoms with E-state index in [0.717, 1.165) is 19.6 Å². The molecule has 0 spiro atoms. The van der Waals surface area contributed by atoms with Gasteiger partial charge in [0.25, 0.3) is 0 Å². The normalized spacial score (nSPS) is 21.1. The molecule has 0 bridgehead atoms. The molecular weight excluding hydrogens is 174 g/mol. The van der Waals surface area contributed by atoms with Crippen LogP contribution in [0.5, 0.6) is 0 Å². The van der Waals surface area contributed by atoms with Crippen LogP contribution in [0.4, 0.5) is 0 Å². The summed E-state index contributed by atoms with van der Waals surface area (Å²) in [6.07, 6.45) is 3.84. The van der Waals surface area contributed by atoms with Crippen molar-refractivity contribution in [2.75, 3.05) is 19.6 Å². The van der Waals surface area contributed by atoms with Crippen LogP contribution >= 0.6 is 0 Å². The van der Waals surface area contributed by atoms with E-state index >= 15 is 0 Å². The Balaban J connectivity index is 2.39. The molecule has 0 atom stereocenters. The van der Waals surface area contributed by atoms with Crippen molar-refractivity contribution in [3.8, 4) is 12.1 Å². The summed E-state index contributed by atoms with van der Waals surface area (Å²) in [6.45, 7) is 5.10. The first-order valence-corrected chi connectivity index (χ1v) is 5.31. The summed E-state index contributed by atoms with van der Waals surface area (Å²) < 4.78 is 0. The lowest BCUT2D eigenvalue weighted by molar-refractivity contribution is 0.174. The number of unbranched alkanes of at least 4 members (excludes halogenated alkanes) is 1. The van der Waals surface area contributed by atoms with E-state index in [9.17, 15) is 0 Å². The maximum Gasteiger partial charge on any atom is 0.146 e. The minimum absolute atomic E-state index is 0.692. The number of rotatable bonds is 3. The first-order valence-electron chi connectivity index (χ1n) is 5.31. The van der Waals surface area contributed by atoms with Gasteiger partial charge in [0.2, 0.25) is 0 Å². The topological polar surface area (TPSA) is 50.8 Å². The lowest BCUT2D eigenvalue weighted by Gasteiger charge is -2.32. The van der Waals surface area contributed by atoms with Gasteiger partial charge in [-0.3, -0.25) is 0 Å². The molecular formula is C11H17N3. The molecule has 1 aliphatic heterocycles. The van der Waals surface area contributed by atoms with Crippen molar-refractivity contribution in [2.45, 2.75) is 32.6 Å². The molecule has 0 radical (unpaired) electrons. The van der Waals surface area contributed by atoms with Gasteiger partial charge in [-0.15, -0.1) is 0 Å². The van der Waals surface area contributed by atoms with Gasteiger partial charge in [0.15, 0.2) is 0 Å². The number of nitriles is 2. The Morgan fingerprint density at radius 1 is 1.21 bits per heavy atom. The summed E-state index contributed by atoms with van der Waals surface area (Å²) in [5.74, 6) is 0. The Labute approximate surface area is 85.9 Å². The average Bonchev–Trinajstić information content (AvgIpc) is 2.27. The van der Waals surface area contributed by atoms with Gasteiger partial charge in [-0.25, -0.2) is 0 Å². The van der Waals surface area contributed by atoms with E-state index in [-0.39, 0.29) is 0 Å². The maximum absolute atomic E-state index is 8.91. The highest BCUT2D eigenvalue weighted by Gasteiger charge is 2.34. The molecule has 3 heteroatoms. The van der Waals surface area contributed by atoms with E-state index in [4.69, 9.17) is 10.5 Å². The molecule has 76 valence electrons. The third kappa shape index (κ3) is 2.47.